The lowest BCUT2D eigenvalue weighted by molar-refractivity contribution is 0.170. The highest BCUT2D eigenvalue weighted by Gasteiger charge is 2.37. The minimum absolute atomic E-state index is 0.109. The number of hydrogen-bond donors (Lipinski definition) is 1. The van der Waals surface area contributed by atoms with Crippen molar-refractivity contribution in [1.82, 2.24) is 0 Å². The van der Waals surface area contributed by atoms with E-state index in [0.717, 1.165) is 12.1 Å². The van der Waals surface area contributed by atoms with Crippen molar-refractivity contribution in [2.45, 2.75) is 37.4 Å². The largest absolute Gasteiger partial charge is 0.328 e. The van der Waals surface area contributed by atoms with E-state index in [0.29, 0.717) is 24.8 Å². The van der Waals surface area contributed by atoms with E-state index in [-0.39, 0.29) is 12.5 Å². The molecule has 0 saturated heterocycles. The third-order valence-corrected chi connectivity index (χ3v) is 3.10. The molecule has 1 nitrogen and oxygen atoms in total. The highest BCUT2D eigenvalue weighted by molar-refractivity contribution is 5.20. The second kappa shape index (κ2) is 4.09. The number of alkyl halides is 1. The summed E-state index contributed by atoms with van der Waals surface area (Å²) in [5.41, 5.74) is 4.77. The van der Waals surface area contributed by atoms with E-state index in [9.17, 15) is 13.2 Å². The molecule has 1 aliphatic carbocycles. The number of benzene rings is 1. The fraction of sp³-hybridized carbons (Fsp3) is 0.500. The van der Waals surface area contributed by atoms with Gasteiger partial charge in [-0.05, 0) is 37.0 Å². The van der Waals surface area contributed by atoms with Crippen LogP contribution in [0.1, 0.15) is 24.8 Å². The van der Waals surface area contributed by atoms with Gasteiger partial charge in [-0.25, -0.2) is 13.2 Å². The van der Waals surface area contributed by atoms with E-state index in [4.69, 9.17) is 5.73 Å². The molecule has 0 aliphatic heterocycles. The Balaban J connectivity index is 2.12. The normalized spacial score (nSPS) is 29.6. The zero-order valence-electron chi connectivity index (χ0n) is 8.85. The Labute approximate surface area is 92.5 Å². The molecule has 2 N–H and O–H groups in total. The SMILES string of the molecule is NC1CCC(F)(Cc2ccc(F)c(F)c2)C1. The molecular weight excluding hydrogens is 215 g/mol. The molecule has 1 saturated carbocycles. The van der Waals surface area contributed by atoms with Gasteiger partial charge in [-0.2, -0.15) is 0 Å². The van der Waals surface area contributed by atoms with Crippen LogP contribution < -0.4 is 5.73 Å². The van der Waals surface area contributed by atoms with E-state index < -0.39 is 17.3 Å². The van der Waals surface area contributed by atoms with Gasteiger partial charge < -0.3 is 5.73 Å². The summed E-state index contributed by atoms with van der Waals surface area (Å²) in [4.78, 5) is 0. The molecule has 1 fully saturated rings. The molecule has 0 radical (unpaired) electrons. The second-order valence-corrected chi connectivity index (χ2v) is 4.58. The molecule has 4 heteroatoms. The van der Waals surface area contributed by atoms with Gasteiger partial charge in [0.1, 0.15) is 5.67 Å². The maximum atomic E-state index is 14.2. The van der Waals surface area contributed by atoms with Crippen LogP contribution in [0.15, 0.2) is 18.2 Å². The Kier molecular flexibility index (Phi) is 2.93. The molecule has 0 amide bonds. The van der Waals surface area contributed by atoms with Crippen LogP contribution in [0.2, 0.25) is 0 Å². The van der Waals surface area contributed by atoms with Gasteiger partial charge >= 0.3 is 0 Å². The molecule has 0 heterocycles. The zero-order chi connectivity index (χ0) is 11.8. The molecule has 0 spiro atoms. The van der Waals surface area contributed by atoms with Crippen LogP contribution in [0.4, 0.5) is 13.2 Å². The zero-order valence-corrected chi connectivity index (χ0v) is 8.85. The average Bonchev–Trinajstić information content (AvgIpc) is 2.52. The molecule has 0 aromatic heterocycles. The highest BCUT2D eigenvalue weighted by Crippen LogP contribution is 2.35. The quantitative estimate of drug-likeness (QED) is 0.829. The molecule has 2 atom stereocenters. The van der Waals surface area contributed by atoms with E-state index >= 15 is 0 Å². The lowest BCUT2D eigenvalue weighted by Gasteiger charge is -2.19. The van der Waals surface area contributed by atoms with Gasteiger partial charge in [-0.3, -0.25) is 0 Å². The smallest absolute Gasteiger partial charge is 0.159 e. The fourth-order valence-electron chi connectivity index (χ4n) is 2.29. The van der Waals surface area contributed by atoms with Crippen molar-refractivity contribution < 1.29 is 13.2 Å². The summed E-state index contributed by atoms with van der Waals surface area (Å²) in [6.45, 7) is 0. The van der Waals surface area contributed by atoms with Crippen LogP contribution in [-0.4, -0.2) is 11.7 Å². The van der Waals surface area contributed by atoms with Crippen LogP contribution in [0.5, 0.6) is 0 Å². The first-order chi connectivity index (χ1) is 7.48. The topological polar surface area (TPSA) is 26.0 Å². The summed E-state index contributed by atoms with van der Waals surface area (Å²) >= 11 is 0. The van der Waals surface area contributed by atoms with Crippen molar-refractivity contribution in [2.75, 3.05) is 0 Å². The summed E-state index contributed by atoms with van der Waals surface area (Å²) < 4.78 is 39.8. The Bertz CT molecular complexity index is 394. The first kappa shape index (κ1) is 11.5. The maximum Gasteiger partial charge on any atom is 0.159 e. The minimum Gasteiger partial charge on any atom is -0.328 e. The van der Waals surface area contributed by atoms with Gasteiger partial charge in [0.15, 0.2) is 11.6 Å². The molecule has 88 valence electrons. The van der Waals surface area contributed by atoms with Gasteiger partial charge in [0.25, 0.3) is 0 Å². The Hall–Kier alpha value is -1.03. The third-order valence-electron chi connectivity index (χ3n) is 3.10. The number of hydrogen-bond acceptors (Lipinski definition) is 1. The van der Waals surface area contributed by atoms with Crippen LogP contribution in [0.3, 0.4) is 0 Å². The van der Waals surface area contributed by atoms with Crippen LogP contribution in [-0.2, 0) is 6.42 Å². The van der Waals surface area contributed by atoms with E-state index in [1.54, 1.807) is 0 Å². The van der Waals surface area contributed by atoms with Gasteiger partial charge in [-0.1, -0.05) is 6.07 Å². The molecule has 2 unspecified atom stereocenters. The number of rotatable bonds is 2. The Morgan fingerprint density at radius 3 is 2.62 bits per heavy atom. The predicted octanol–water partition coefficient (Wildman–Crippen LogP) is 2.73. The summed E-state index contributed by atoms with van der Waals surface area (Å²) in [6.07, 6.45) is 1.46. The standard InChI is InChI=1S/C12H14F3N/c13-10-2-1-8(5-11(10)14)6-12(15)4-3-9(16)7-12/h1-2,5,9H,3-4,6-7,16H2. The predicted molar refractivity (Wildman–Crippen MR) is 55.7 cm³/mol. The van der Waals surface area contributed by atoms with Crippen molar-refractivity contribution in [3.63, 3.8) is 0 Å². The summed E-state index contributed by atoms with van der Waals surface area (Å²) in [7, 11) is 0. The Morgan fingerprint density at radius 2 is 2.06 bits per heavy atom. The molecule has 16 heavy (non-hydrogen) atoms. The van der Waals surface area contributed by atoms with Gasteiger partial charge in [0.05, 0.1) is 0 Å². The van der Waals surface area contributed by atoms with Crippen LogP contribution >= 0.6 is 0 Å². The monoisotopic (exact) mass is 229 g/mol. The minimum atomic E-state index is -1.36. The third kappa shape index (κ3) is 2.38. The molecule has 1 aromatic carbocycles. The average molecular weight is 229 g/mol. The van der Waals surface area contributed by atoms with Crippen LogP contribution in [0, 0.1) is 11.6 Å². The summed E-state index contributed by atoms with van der Waals surface area (Å²) in [5, 5.41) is 0. The van der Waals surface area contributed by atoms with E-state index in [1.165, 1.54) is 6.07 Å². The van der Waals surface area contributed by atoms with Crippen molar-refractivity contribution in [2.24, 2.45) is 5.73 Å². The molecule has 2 rings (SSSR count). The first-order valence-electron chi connectivity index (χ1n) is 5.37. The van der Waals surface area contributed by atoms with Gasteiger partial charge in [-0.15, -0.1) is 0 Å². The van der Waals surface area contributed by atoms with Gasteiger partial charge in [0, 0.05) is 12.5 Å². The van der Waals surface area contributed by atoms with E-state index in [1.807, 2.05) is 0 Å². The van der Waals surface area contributed by atoms with Crippen molar-refractivity contribution in [3.8, 4) is 0 Å². The number of nitrogens with two attached hydrogens (primary N) is 1. The van der Waals surface area contributed by atoms with Crippen molar-refractivity contribution in [3.05, 3.63) is 35.4 Å². The molecule has 1 aromatic rings. The van der Waals surface area contributed by atoms with Crippen LogP contribution in [0.25, 0.3) is 0 Å². The lowest BCUT2D eigenvalue weighted by atomic mass is 9.94. The molecular formula is C12H14F3N. The van der Waals surface area contributed by atoms with Gasteiger partial charge in [0.2, 0.25) is 0 Å². The number of halogens is 3. The van der Waals surface area contributed by atoms with Crippen molar-refractivity contribution >= 4 is 0 Å². The lowest BCUT2D eigenvalue weighted by Crippen LogP contribution is -2.25. The first-order valence-corrected chi connectivity index (χ1v) is 5.37. The molecule has 1 aliphatic rings. The maximum absolute atomic E-state index is 14.2. The second-order valence-electron chi connectivity index (χ2n) is 4.58. The fourth-order valence-corrected chi connectivity index (χ4v) is 2.29. The van der Waals surface area contributed by atoms with Crippen molar-refractivity contribution in [1.29, 1.82) is 0 Å². The Morgan fingerprint density at radius 1 is 1.31 bits per heavy atom. The summed E-state index contributed by atoms with van der Waals surface area (Å²) in [6, 6.07) is 3.39. The highest BCUT2D eigenvalue weighted by atomic mass is 19.2. The summed E-state index contributed by atoms with van der Waals surface area (Å²) in [5.74, 6) is -1.83. The molecule has 0 bridgehead atoms. The van der Waals surface area contributed by atoms with E-state index in [2.05, 4.69) is 0 Å².